The number of hydrogen-bond acceptors (Lipinski definition) is 4. The molecule has 1 aromatic rings. The molecule has 2 aliphatic heterocycles. The molecular weight excluding hydrogens is 202 g/mol. The number of ether oxygens (including phenoxy) is 1. The quantitative estimate of drug-likeness (QED) is 0.814. The first-order valence-electron chi connectivity index (χ1n) is 5.90. The Kier molecular flexibility index (Phi) is 2.44. The zero-order chi connectivity index (χ0) is 11.0. The van der Waals surface area contributed by atoms with Gasteiger partial charge in [0.15, 0.2) is 0 Å². The molecule has 3 unspecified atom stereocenters. The van der Waals surface area contributed by atoms with Crippen molar-refractivity contribution in [3.05, 3.63) is 18.5 Å². The fraction of sp³-hybridized carbons (Fsp3) is 0.583. The summed E-state index contributed by atoms with van der Waals surface area (Å²) in [6.07, 6.45) is 8.15. The van der Waals surface area contributed by atoms with Crippen LogP contribution in [0.4, 0.5) is 11.4 Å². The predicted octanol–water partition coefficient (Wildman–Crippen LogP) is 1.86. The first kappa shape index (κ1) is 9.90. The first-order chi connectivity index (χ1) is 7.85. The number of anilines is 2. The predicted molar refractivity (Wildman–Crippen MR) is 63.7 cm³/mol. The van der Waals surface area contributed by atoms with E-state index in [1.807, 2.05) is 19.4 Å². The van der Waals surface area contributed by atoms with Crippen LogP contribution in [0.1, 0.15) is 19.3 Å². The molecule has 0 spiro atoms. The minimum Gasteiger partial charge on any atom is -0.387 e. The minimum atomic E-state index is 0.406. The molecule has 0 aliphatic carbocycles. The number of aromatic nitrogens is 1. The Morgan fingerprint density at radius 1 is 1.31 bits per heavy atom. The standard InChI is InChI=1S/C12H17N3O/c1-13-8-4-9(7-14-6-8)15-11-5-10-2-3-12(11)16-10/h4,6-7,10-13,15H,2-3,5H2,1H3. The molecule has 4 heteroatoms. The summed E-state index contributed by atoms with van der Waals surface area (Å²) < 4.78 is 5.82. The van der Waals surface area contributed by atoms with E-state index in [1.54, 1.807) is 0 Å². The number of hydrogen-bond donors (Lipinski definition) is 2. The van der Waals surface area contributed by atoms with Gasteiger partial charge in [-0.25, -0.2) is 0 Å². The maximum Gasteiger partial charge on any atom is 0.0781 e. The number of fused-ring (bicyclic) bond motifs is 2. The largest absolute Gasteiger partial charge is 0.387 e. The molecule has 2 N–H and O–H groups in total. The lowest BCUT2D eigenvalue weighted by Gasteiger charge is -2.21. The van der Waals surface area contributed by atoms with Crippen molar-refractivity contribution >= 4 is 11.4 Å². The number of nitrogens with zero attached hydrogens (tertiary/aromatic N) is 1. The van der Waals surface area contributed by atoms with Crippen molar-refractivity contribution in [3.63, 3.8) is 0 Å². The second-order valence-electron chi connectivity index (χ2n) is 4.57. The van der Waals surface area contributed by atoms with E-state index in [2.05, 4.69) is 21.7 Å². The van der Waals surface area contributed by atoms with Crippen molar-refractivity contribution in [2.45, 2.75) is 37.5 Å². The minimum absolute atomic E-state index is 0.406. The Morgan fingerprint density at radius 2 is 2.19 bits per heavy atom. The Bertz CT molecular complexity index is 382. The van der Waals surface area contributed by atoms with Gasteiger partial charge in [-0.15, -0.1) is 0 Å². The van der Waals surface area contributed by atoms with Crippen molar-refractivity contribution in [1.82, 2.24) is 4.98 Å². The normalized spacial score (nSPS) is 31.7. The molecule has 86 valence electrons. The van der Waals surface area contributed by atoms with Crippen molar-refractivity contribution in [1.29, 1.82) is 0 Å². The third-order valence-corrected chi connectivity index (χ3v) is 3.48. The van der Waals surface area contributed by atoms with E-state index < -0.39 is 0 Å². The summed E-state index contributed by atoms with van der Waals surface area (Å²) in [4.78, 5) is 4.19. The van der Waals surface area contributed by atoms with Crippen LogP contribution in [0.3, 0.4) is 0 Å². The fourth-order valence-corrected chi connectivity index (χ4v) is 2.66. The summed E-state index contributed by atoms with van der Waals surface area (Å²) >= 11 is 0. The van der Waals surface area contributed by atoms with Crippen LogP contribution in [-0.4, -0.2) is 30.3 Å². The molecule has 0 radical (unpaired) electrons. The molecule has 1 aromatic heterocycles. The van der Waals surface area contributed by atoms with Gasteiger partial charge in [-0.05, 0) is 25.3 Å². The van der Waals surface area contributed by atoms with Crippen molar-refractivity contribution in [2.75, 3.05) is 17.7 Å². The van der Waals surface area contributed by atoms with Crippen LogP contribution < -0.4 is 10.6 Å². The highest BCUT2D eigenvalue weighted by Gasteiger charge is 2.40. The monoisotopic (exact) mass is 219 g/mol. The molecule has 2 aliphatic rings. The Labute approximate surface area is 95.4 Å². The Hall–Kier alpha value is -1.29. The van der Waals surface area contributed by atoms with Gasteiger partial charge in [-0.1, -0.05) is 0 Å². The van der Waals surface area contributed by atoms with Gasteiger partial charge in [0.2, 0.25) is 0 Å². The van der Waals surface area contributed by atoms with Gasteiger partial charge in [0.25, 0.3) is 0 Å². The molecule has 2 bridgehead atoms. The number of pyridine rings is 1. The molecular formula is C12H17N3O. The second-order valence-corrected chi connectivity index (χ2v) is 4.57. The van der Waals surface area contributed by atoms with E-state index in [-0.39, 0.29) is 0 Å². The van der Waals surface area contributed by atoms with Crippen LogP contribution in [0.25, 0.3) is 0 Å². The lowest BCUT2D eigenvalue weighted by molar-refractivity contribution is 0.102. The molecule has 3 heterocycles. The van der Waals surface area contributed by atoms with E-state index >= 15 is 0 Å². The lowest BCUT2D eigenvalue weighted by Crippen LogP contribution is -2.30. The second kappa shape index (κ2) is 3.94. The maximum absolute atomic E-state index is 5.82. The Balaban J connectivity index is 1.69. The fourth-order valence-electron chi connectivity index (χ4n) is 2.66. The molecule has 0 aromatic carbocycles. The summed E-state index contributed by atoms with van der Waals surface area (Å²) in [5.41, 5.74) is 2.11. The van der Waals surface area contributed by atoms with Crippen LogP contribution in [0.15, 0.2) is 18.5 Å². The smallest absolute Gasteiger partial charge is 0.0781 e. The van der Waals surface area contributed by atoms with Crippen LogP contribution in [-0.2, 0) is 4.74 Å². The van der Waals surface area contributed by atoms with Crippen LogP contribution in [0.2, 0.25) is 0 Å². The van der Waals surface area contributed by atoms with Gasteiger partial charge in [0.1, 0.15) is 0 Å². The highest BCUT2D eigenvalue weighted by atomic mass is 16.5. The molecule has 16 heavy (non-hydrogen) atoms. The third-order valence-electron chi connectivity index (χ3n) is 3.48. The number of rotatable bonds is 3. The van der Waals surface area contributed by atoms with Crippen molar-refractivity contribution in [2.24, 2.45) is 0 Å². The molecule has 4 nitrogen and oxygen atoms in total. The van der Waals surface area contributed by atoms with E-state index in [1.165, 1.54) is 12.8 Å². The van der Waals surface area contributed by atoms with Gasteiger partial charge >= 0.3 is 0 Å². The Morgan fingerprint density at radius 3 is 2.88 bits per heavy atom. The summed E-state index contributed by atoms with van der Waals surface area (Å²) in [7, 11) is 1.90. The highest BCUT2D eigenvalue weighted by Crippen LogP contribution is 2.35. The van der Waals surface area contributed by atoms with E-state index in [0.717, 1.165) is 17.8 Å². The van der Waals surface area contributed by atoms with Crippen LogP contribution in [0, 0.1) is 0 Å². The maximum atomic E-state index is 5.82. The van der Waals surface area contributed by atoms with Crippen molar-refractivity contribution in [3.8, 4) is 0 Å². The van der Waals surface area contributed by atoms with Gasteiger partial charge in [0.05, 0.1) is 42.0 Å². The van der Waals surface area contributed by atoms with Crippen LogP contribution >= 0.6 is 0 Å². The summed E-state index contributed by atoms with van der Waals surface area (Å²) in [5.74, 6) is 0. The van der Waals surface area contributed by atoms with E-state index in [0.29, 0.717) is 18.2 Å². The van der Waals surface area contributed by atoms with Gasteiger partial charge < -0.3 is 15.4 Å². The third kappa shape index (κ3) is 1.73. The van der Waals surface area contributed by atoms with Gasteiger partial charge in [-0.3, -0.25) is 4.98 Å². The highest BCUT2D eigenvalue weighted by molar-refractivity contribution is 5.54. The molecule has 3 atom stereocenters. The summed E-state index contributed by atoms with van der Waals surface area (Å²) in [6.45, 7) is 0. The number of nitrogens with one attached hydrogen (secondary N) is 2. The zero-order valence-corrected chi connectivity index (χ0v) is 9.44. The molecule has 0 saturated carbocycles. The lowest BCUT2D eigenvalue weighted by atomic mass is 9.95. The molecule has 2 saturated heterocycles. The zero-order valence-electron chi connectivity index (χ0n) is 9.44. The molecule has 3 rings (SSSR count). The van der Waals surface area contributed by atoms with Gasteiger partial charge in [0, 0.05) is 7.05 Å². The topological polar surface area (TPSA) is 46.2 Å². The van der Waals surface area contributed by atoms with E-state index in [9.17, 15) is 0 Å². The van der Waals surface area contributed by atoms with Crippen LogP contribution in [0.5, 0.6) is 0 Å². The average Bonchev–Trinajstić information content (AvgIpc) is 2.91. The van der Waals surface area contributed by atoms with Gasteiger partial charge in [-0.2, -0.15) is 0 Å². The first-order valence-corrected chi connectivity index (χ1v) is 5.90. The van der Waals surface area contributed by atoms with Crippen molar-refractivity contribution < 1.29 is 4.74 Å². The molecule has 2 fully saturated rings. The molecule has 0 amide bonds. The van der Waals surface area contributed by atoms with E-state index in [4.69, 9.17) is 4.74 Å². The average molecular weight is 219 g/mol. The summed E-state index contributed by atoms with van der Waals surface area (Å²) in [6, 6.07) is 2.55. The SMILES string of the molecule is CNc1cncc(NC2CC3CCC2O3)c1. The summed E-state index contributed by atoms with van der Waals surface area (Å²) in [5, 5.41) is 6.61.